The monoisotopic (exact) mass is 301 g/mol. The van der Waals surface area contributed by atoms with Crippen LogP contribution >= 0.6 is 11.3 Å². The first-order valence-electron chi connectivity index (χ1n) is 5.76. The highest BCUT2D eigenvalue weighted by Gasteiger charge is 2.16. The van der Waals surface area contributed by atoms with Crippen LogP contribution in [0.15, 0.2) is 23.4 Å². The van der Waals surface area contributed by atoms with Crippen molar-refractivity contribution in [3.63, 3.8) is 0 Å². The van der Waals surface area contributed by atoms with Crippen LogP contribution in [0.2, 0.25) is 0 Å². The highest BCUT2D eigenvalue weighted by atomic mass is 32.2. The third kappa shape index (κ3) is 3.41. The van der Waals surface area contributed by atoms with Gasteiger partial charge in [0.1, 0.15) is 5.01 Å². The lowest BCUT2D eigenvalue weighted by molar-refractivity contribution is 0.277. The number of aliphatic hydroxyl groups is 1. The summed E-state index contributed by atoms with van der Waals surface area (Å²) >= 11 is 1.49. The first-order chi connectivity index (χ1) is 9.05. The van der Waals surface area contributed by atoms with E-state index in [-0.39, 0.29) is 18.0 Å². The molecule has 2 heterocycles. The zero-order chi connectivity index (χ0) is 13.9. The van der Waals surface area contributed by atoms with Crippen LogP contribution in [0.3, 0.4) is 0 Å². The molecule has 104 valence electrons. The minimum Gasteiger partial charge on any atom is -0.390 e. The van der Waals surface area contributed by atoms with Crippen LogP contribution in [-0.2, 0) is 29.6 Å². The maximum Gasteiger partial charge on any atom is 0.242 e. The van der Waals surface area contributed by atoms with E-state index in [4.69, 9.17) is 5.11 Å². The third-order valence-corrected chi connectivity index (χ3v) is 5.08. The quantitative estimate of drug-likeness (QED) is 0.742. The van der Waals surface area contributed by atoms with Gasteiger partial charge >= 0.3 is 0 Å². The predicted octanol–water partition coefficient (Wildman–Crippen LogP) is 1.00. The van der Waals surface area contributed by atoms with Gasteiger partial charge in [-0.25, -0.2) is 18.1 Å². The Balaban J connectivity index is 2.05. The number of aromatic amines is 1. The Morgan fingerprint density at radius 3 is 2.89 bits per heavy atom. The molecule has 0 radical (unpaired) electrons. The molecule has 0 aliphatic heterocycles. The standard InChI is InChI=1S/C11H15N3O3S2/c1-2-9-4-13-11(18-9)6-14-19(16,17)10-3-8(7-15)12-5-10/h3-5,12,14-15H,2,6-7H2,1H3. The number of nitrogens with zero attached hydrogens (tertiary/aromatic N) is 1. The minimum atomic E-state index is -3.57. The fourth-order valence-electron chi connectivity index (χ4n) is 1.50. The molecule has 0 saturated carbocycles. The van der Waals surface area contributed by atoms with Crippen molar-refractivity contribution in [2.75, 3.05) is 0 Å². The molecule has 0 amide bonds. The van der Waals surface area contributed by atoms with Gasteiger partial charge in [-0.05, 0) is 12.5 Å². The van der Waals surface area contributed by atoms with Crippen LogP contribution in [0, 0.1) is 0 Å². The third-order valence-electron chi connectivity index (χ3n) is 2.56. The first kappa shape index (κ1) is 14.2. The Kier molecular flexibility index (Phi) is 4.35. The lowest BCUT2D eigenvalue weighted by atomic mass is 10.4. The zero-order valence-corrected chi connectivity index (χ0v) is 12.0. The Bertz CT molecular complexity index is 646. The second-order valence-electron chi connectivity index (χ2n) is 3.92. The molecule has 19 heavy (non-hydrogen) atoms. The van der Waals surface area contributed by atoms with Crippen molar-refractivity contribution in [2.45, 2.75) is 31.4 Å². The molecular weight excluding hydrogens is 286 g/mol. The van der Waals surface area contributed by atoms with E-state index in [0.29, 0.717) is 5.69 Å². The molecule has 0 atom stereocenters. The average molecular weight is 301 g/mol. The highest BCUT2D eigenvalue weighted by molar-refractivity contribution is 7.89. The van der Waals surface area contributed by atoms with Crippen LogP contribution in [0.1, 0.15) is 22.5 Å². The maximum absolute atomic E-state index is 12.0. The van der Waals surface area contributed by atoms with Gasteiger partial charge < -0.3 is 10.1 Å². The number of aryl methyl sites for hydroxylation is 1. The Morgan fingerprint density at radius 1 is 1.53 bits per heavy atom. The average Bonchev–Trinajstić information content (AvgIpc) is 3.05. The van der Waals surface area contributed by atoms with Crippen LogP contribution < -0.4 is 4.72 Å². The maximum atomic E-state index is 12.0. The molecule has 0 fully saturated rings. The van der Waals surface area contributed by atoms with E-state index in [9.17, 15) is 8.42 Å². The topological polar surface area (TPSA) is 95.1 Å². The van der Waals surface area contributed by atoms with E-state index in [1.807, 2.05) is 6.92 Å². The van der Waals surface area contributed by atoms with Crippen LogP contribution in [-0.4, -0.2) is 23.5 Å². The first-order valence-corrected chi connectivity index (χ1v) is 8.06. The SMILES string of the molecule is CCc1cnc(CNS(=O)(=O)c2c[nH]c(CO)c2)s1. The molecule has 0 spiro atoms. The second-order valence-corrected chi connectivity index (χ2v) is 6.88. The van der Waals surface area contributed by atoms with Crippen molar-refractivity contribution in [3.05, 3.63) is 34.0 Å². The molecule has 2 aromatic heterocycles. The molecule has 0 unspecified atom stereocenters. The van der Waals surface area contributed by atoms with Crippen molar-refractivity contribution >= 4 is 21.4 Å². The number of sulfonamides is 1. The number of rotatable bonds is 6. The van der Waals surface area contributed by atoms with Gasteiger partial charge in [0.05, 0.1) is 18.0 Å². The predicted molar refractivity (Wildman–Crippen MR) is 72.2 cm³/mol. The summed E-state index contributed by atoms with van der Waals surface area (Å²) in [6.45, 7) is 1.98. The van der Waals surface area contributed by atoms with Crippen molar-refractivity contribution < 1.29 is 13.5 Å². The molecule has 6 nitrogen and oxygen atoms in total. The van der Waals surface area contributed by atoms with Gasteiger partial charge in [0.2, 0.25) is 10.0 Å². The van der Waals surface area contributed by atoms with Crippen LogP contribution in [0.5, 0.6) is 0 Å². The van der Waals surface area contributed by atoms with Gasteiger partial charge in [-0.1, -0.05) is 6.92 Å². The summed E-state index contributed by atoms with van der Waals surface area (Å²) in [5.74, 6) is 0. The molecule has 8 heteroatoms. The largest absolute Gasteiger partial charge is 0.390 e. The summed E-state index contributed by atoms with van der Waals surface area (Å²) in [6, 6.07) is 1.40. The summed E-state index contributed by atoms with van der Waals surface area (Å²) < 4.78 is 26.4. The van der Waals surface area contributed by atoms with Gasteiger partial charge in [-0.2, -0.15) is 0 Å². The van der Waals surface area contributed by atoms with Gasteiger partial charge in [0.25, 0.3) is 0 Å². The normalized spacial score (nSPS) is 11.9. The van der Waals surface area contributed by atoms with Gasteiger partial charge in [-0.3, -0.25) is 0 Å². The molecule has 0 bridgehead atoms. The Morgan fingerprint density at radius 2 is 2.32 bits per heavy atom. The van der Waals surface area contributed by atoms with Crippen LogP contribution in [0.4, 0.5) is 0 Å². The molecule has 0 aromatic carbocycles. The lowest BCUT2D eigenvalue weighted by Crippen LogP contribution is -2.22. The van der Waals surface area contributed by atoms with Crippen LogP contribution in [0.25, 0.3) is 0 Å². The van der Waals surface area contributed by atoms with E-state index < -0.39 is 10.0 Å². The van der Waals surface area contributed by atoms with E-state index in [2.05, 4.69) is 14.7 Å². The zero-order valence-electron chi connectivity index (χ0n) is 10.4. The number of aliphatic hydroxyl groups excluding tert-OH is 1. The molecule has 3 N–H and O–H groups in total. The van der Waals surface area contributed by atoms with Crippen molar-refractivity contribution in [2.24, 2.45) is 0 Å². The highest BCUT2D eigenvalue weighted by Crippen LogP contribution is 2.15. The van der Waals surface area contributed by atoms with E-state index in [1.165, 1.54) is 23.6 Å². The molecular formula is C11H15N3O3S2. The number of aromatic nitrogens is 2. The Labute approximate surface area is 115 Å². The summed E-state index contributed by atoms with van der Waals surface area (Å²) in [4.78, 5) is 8.08. The second kappa shape index (κ2) is 5.83. The number of nitrogens with one attached hydrogen (secondary N) is 2. The summed E-state index contributed by atoms with van der Waals surface area (Å²) in [7, 11) is -3.57. The molecule has 2 aromatic rings. The van der Waals surface area contributed by atoms with E-state index in [0.717, 1.165) is 16.3 Å². The summed E-state index contributed by atoms with van der Waals surface area (Å²) in [5, 5.41) is 9.63. The van der Waals surface area contributed by atoms with E-state index >= 15 is 0 Å². The fraction of sp³-hybridized carbons (Fsp3) is 0.364. The Hall–Kier alpha value is -1.22. The van der Waals surface area contributed by atoms with Gasteiger partial charge in [0.15, 0.2) is 0 Å². The molecule has 2 rings (SSSR count). The summed E-state index contributed by atoms with van der Waals surface area (Å²) in [5.41, 5.74) is 0.461. The van der Waals surface area contributed by atoms with Gasteiger partial charge in [-0.15, -0.1) is 11.3 Å². The lowest BCUT2D eigenvalue weighted by Gasteiger charge is -2.02. The minimum absolute atomic E-state index is 0.115. The van der Waals surface area contributed by atoms with E-state index in [1.54, 1.807) is 6.20 Å². The van der Waals surface area contributed by atoms with Crippen molar-refractivity contribution in [3.8, 4) is 0 Å². The van der Waals surface area contributed by atoms with Crippen molar-refractivity contribution in [1.29, 1.82) is 0 Å². The molecule has 0 saturated heterocycles. The number of hydrogen-bond donors (Lipinski definition) is 3. The number of hydrogen-bond acceptors (Lipinski definition) is 5. The smallest absolute Gasteiger partial charge is 0.242 e. The molecule has 0 aliphatic rings. The fourth-order valence-corrected chi connectivity index (χ4v) is 3.40. The van der Waals surface area contributed by atoms with Gasteiger partial charge in [0, 0.05) is 23.0 Å². The number of H-pyrrole nitrogens is 1. The summed E-state index contributed by atoms with van der Waals surface area (Å²) in [6.07, 6.45) is 4.00. The number of thiazole rings is 1. The molecule has 0 aliphatic carbocycles. The van der Waals surface area contributed by atoms with Crippen molar-refractivity contribution in [1.82, 2.24) is 14.7 Å².